The molecule has 3 rings (SSSR count). The van der Waals surface area contributed by atoms with Gasteiger partial charge < -0.3 is 4.57 Å². The molecule has 1 aromatic carbocycles. The monoisotopic (exact) mass is 255 g/mol. The number of rotatable bonds is 2. The lowest BCUT2D eigenvalue weighted by atomic mass is 10.2. The van der Waals surface area contributed by atoms with Crippen molar-refractivity contribution >= 4 is 22.7 Å². The standard InChI is InChI=1S/C14H13N3S/c1-10-9-17(12-6-4-3-5-11(10)12)13-7-8-15-14(16-13)18-2/h3-9H,1-2H3. The van der Waals surface area contributed by atoms with Crippen molar-refractivity contribution in [2.75, 3.05) is 6.26 Å². The van der Waals surface area contributed by atoms with Crippen LogP contribution >= 0.6 is 11.8 Å². The lowest BCUT2D eigenvalue weighted by Crippen LogP contribution is -1.97. The van der Waals surface area contributed by atoms with Crippen LogP contribution < -0.4 is 0 Å². The van der Waals surface area contributed by atoms with E-state index in [4.69, 9.17) is 0 Å². The summed E-state index contributed by atoms with van der Waals surface area (Å²) < 4.78 is 2.12. The first-order valence-corrected chi connectivity index (χ1v) is 6.96. The first-order chi connectivity index (χ1) is 8.79. The van der Waals surface area contributed by atoms with E-state index in [2.05, 4.69) is 51.9 Å². The number of benzene rings is 1. The number of hydrogen-bond acceptors (Lipinski definition) is 3. The van der Waals surface area contributed by atoms with Crippen molar-refractivity contribution in [3.05, 3.63) is 48.3 Å². The molecular formula is C14H13N3S. The van der Waals surface area contributed by atoms with E-state index < -0.39 is 0 Å². The van der Waals surface area contributed by atoms with Crippen LogP contribution in [0.15, 0.2) is 47.9 Å². The van der Waals surface area contributed by atoms with E-state index in [9.17, 15) is 0 Å². The zero-order valence-electron chi connectivity index (χ0n) is 10.3. The molecule has 4 heteroatoms. The molecule has 0 aliphatic heterocycles. The van der Waals surface area contributed by atoms with Crippen LogP contribution in [-0.2, 0) is 0 Å². The third-order valence-electron chi connectivity index (χ3n) is 2.96. The molecule has 0 spiro atoms. The van der Waals surface area contributed by atoms with E-state index in [1.165, 1.54) is 16.5 Å². The third kappa shape index (κ3) is 1.78. The van der Waals surface area contributed by atoms with E-state index in [1.54, 1.807) is 18.0 Å². The van der Waals surface area contributed by atoms with Gasteiger partial charge in [-0.1, -0.05) is 30.0 Å². The molecule has 0 radical (unpaired) electrons. The van der Waals surface area contributed by atoms with Crippen molar-refractivity contribution in [2.45, 2.75) is 12.1 Å². The summed E-state index contributed by atoms with van der Waals surface area (Å²) in [5.74, 6) is 0.915. The van der Waals surface area contributed by atoms with E-state index in [0.717, 1.165) is 11.0 Å². The topological polar surface area (TPSA) is 30.7 Å². The molecule has 18 heavy (non-hydrogen) atoms. The highest BCUT2D eigenvalue weighted by Crippen LogP contribution is 2.23. The van der Waals surface area contributed by atoms with E-state index in [-0.39, 0.29) is 0 Å². The van der Waals surface area contributed by atoms with Gasteiger partial charge in [-0.25, -0.2) is 9.97 Å². The zero-order chi connectivity index (χ0) is 12.5. The summed E-state index contributed by atoms with van der Waals surface area (Å²) >= 11 is 1.55. The SMILES string of the molecule is CSc1nccc(-n2cc(C)c3ccccc32)n1. The number of aryl methyl sites for hydroxylation is 1. The minimum atomic E-state index is 0.794. The molecule has 0 aliphatic rings. The van der Waals surface area contributed by atoms with Gasteiger partial charge in [0.2, 0.25) is 0 Å². The first-order valence-electron chi connectivity index (χ1n) is 5.73. The van der Waals surface area contributed by atoms with E-state index >= 15 is 0 Å². The van der Waals surface area contributed by atoms with Crippen LogP contribution in [0.4, 0.5) is 0 Å². The lowest BCUT2D eigenvalue weighted by Gasteiger charge is -2.04. The van der Waals surface area contributed by atoms with Gasteiger partial charge in [-0.2, -0.15) is 0 Å². The average molecular weight is 255 g/mol. The molecular weight excluding hydrogens is 242 g/mol. The van der Waals surface area contributed by atoms with Crippen LogP contribution in [0.25, 0.3) is 16.7 Å². The van der Waals surface area contributed by atoms with Gasteiger partial charge in [-0.3, -0.25) is 0 Å². The second-order valence-electron chi connectivity index (χ2n) is 4.10. The fraction of sp³-hybridized carbons (Fsp3) is 0.143. The Bertz CT molecular complexity index is 703. The zero-order valence-corrected chi connectivity index (χ0v) is 11.1. The fourth-order valence-electron chi connectivity index (χ4n) is 2.10. The minimum absolute atomic E-state index is 0.794. The van der Waals surface area contributed by atoms with E-state index in [0.29, 0.717) is 0 Å². The van der Waals surface area contributed by atoms with Gasteiger partial charge in [0.15, 0.2) is 5.16 Å². The molecule has 3 aromatic rings. The summed E-state index contributed by atoms with van der Waals surface area (Å²) in [7, 11) is 0. The molecule has 0 unspecified atom stereocenters. The van der Waals surface area contributed by atoms with Crippen LogP contribution in [0.2, 0.25) is 0 Å². The highest BCUT2D eigenvalue weighted by atomic mass is 32.2. The Kier molecular flexibility index (Phi) is 2.80. The molecule has 0 atom stereocenters. The van der Waals surface area contributed by atoms with E-state index in [1.807, 2.05) is 12.3 Å². The van der Waals surface area contributed by atoms with Crippen molar-refractivity contribution in [1.29, 1.82) is 0 Å². The molecule has 0 N–H and O–H groups in total. The number of fused-ring (bicyclic) bond motifs is 1. The largest absolute Gasteiger partial charge is 0.301 e. The smallest absolute Gasteiger partial charge is 0.189 e. The Morgan fingerprint density at radius 3 is 2.83 bits per heavy atom. The predicted octanol–water partition coefficient (Wildman–Crippen LogP) is 3.45. The highest BCUT2D eigenvalue weighted by molar-refractivity contribution is 7.98. The van der Waals surface area contributed by atoms with Crippen LogP contribution in [0.1, 0.15) is 5.56 Å². The van der Waals surface area contributed by atoms with Crippen LogP contribution in [0.5, 0.6) is 0 Å². The summed E-state index contributed by atoms with van der Waals surface area (Å²) in [4.78, 5) is 8.75. The number of aromatic nitrogens is 3. The molecule has 2 heterocycles. The number of hydrogen-bond donors (Lipinski definition) is 0. The summed E-state index contributed by atoms with van der Waals surface area (Å²) in [6, 6.07) is 10.3. The highest BCUT2D eigenvalue weighted by Gasteiger charge is 2.07. The Morgan fingerprint density at radius 2 is 2.00 bits per heavy atom. The van der Waals surface area contributed by atoms with Gasteiger partial charge in [0, 0.05) is 17.8 Å². The number of para-hydroxylation sites is 1. The van der Waals surface area contributed by atoms with Crippen molar-refractivity contribution in [1.82, 2.24) is 14.5 Å². The summed E-state index contributed by atoms with van der Waals surface area (Å²) in [6.45, 7) is 2.12. The maximum atomic E-state index is 4.54. The Balaban J connectivity index is 2.25. The van der Waals surface area contributed by atoms with Crippen LogP contribution in [-0.4, -0.2) is 20.8 Å². The summed E-state index contributed by atoms with van der Waals surface area (Å²) in [6.07, 6.45) is 5.91. The van der Waals surface area contributed by atoms with Crippen LogP contribution in [0.3, 0.4) is 0 Å². The first kappa shape index (κ1) is 11.3. The van der Waals surface area contributed by atoms with Crippen molar-refractivity contribution in [3.8, 4) is 5.82 Å². The second-order valence-corrected chi connectivity index (χ2v) is 4.87. The Morgan fingerprint density at radius 1 is 1.17 bits per heavy atom. The fourth-order valence-corrected chi connectivity index (χ4v) is 2.45. The molecule has 90 valence electrons. The maximum absolute atomic E-state index is 4.54. The molecule has 0 amide bonds. The van der Waals surface area contributed by atoms with Gasteiger partial charge in [-0.05, 0) is 30.9 Å². The maximum Gasteiger partial charge on any atom is 0.189 e. The van der Waals surface area contributed by atoms with Crippen molar-refractivity contribution in [2.24, 2.45) is 0 Å². The molecule has 0 fully saturated rings. The minimum Gasteiger partial charge on any atom is -0.301 e. The molecule has 0 saturated heterocycles. The third-order valence-corrected chi connectivity index (χ3v) is 3.52. The molecule has 2 aromatic heterocycles. The quantitative estimate of drug-likeness (QED) is 0.519. The summed E-state index contributed by atoms with van der Waals surface area (Å²) in [5.41, 5.74) is 2.44. The molecule has 0 saturated carbocycles. The normalized spacial score (nSPS) is 11.0. The number of nitrogens with zero attached hydrogens (tertiary/aromatic N) is 3. The van der Waals surface area contributed by atoms with Gasteiger partial charge in [0.25, 0.3) is 0 Å². The number of thioether (sulfide) groups is 1. The molecule has 3 nitrogen and oxygen atoms in total. The van der Waals surface area contributed by atoms with Crippen molar-refractivity contribution in [3.63, 3.8) is 0 Å². The molecule has 0 bridgehead atoms. The Labute approximate surface area is 110 Å². The van der Waals surface area contributed by atoms with Gasteiger partial charge in [-0.15, -0.1) is 0 Å². The van der Waals surface area contributed by atoms with Crippen molar-refractivity contribution < 1.29 is 0 Å². The molecule has 0 aliphatic carbocycles. The second kappa shape index (κ2) is 4.46. The average Bonchev–Trinajstić information content (AvgIpc) is 2.77. The predicted molar refractivity (Wildman–Crippen MR) is 75.4 cm³/mol. The lowest BCUT2D eigenvalue weighted by molar-refractivity contribution is 0.906. The Hall–Kier alpha value is -1.81. The summed E-state index contributed by atoms with van der Waals surface area (Å²) in [5, 5.41) is 2.06. The van der Waals surface area contributed by atoms with Gasteiger partial charge in [0.1, 0.15) is 5.82 Å². The van der Waals surface area contributed by atoms with Crippen LogP contribution in [0, 0.1) is 6.92 Å². The van der Waals surface area contributed by atoms with Gasteiger partial charge in [0.05, 0.1) is 5.52 Å². The van der Waals surface area contributed by atoms with Gasteiger partial charge >= 0.3 is 0 Å².